The normalized spacial score (nSPS) is 13.0. The van der Waals surface area contributed by atoms with Crippen molar-refractivity contribution in [1.29, 1.82) is 0 Å². The van der Waals surface area contributed by atoms with E-state index in [0.29, 0.717) is 11.7 Å². The van der Waals surface area contributed by atoms with Gasteiger partial charge in [0.1, 0.15) is 23.4 Å². The van der Waals surface area contributed by atoms with Gasteiger partial charge in [0.2, 0.25) is 0 Å². The van der Waals surface area contributed by atoms with Crippen molar-refractivity contribution in [3.63, 3.8) is 0 Å². The third kappa shape index (κ3) is 5.00. The van der Waals surface area contributed by atoms with Gasteiger partial charge < -0.3 is 19.4 Å². The summed E-state index contributed by atoms with van der Waals surface area (Å²) in [6.45, 7) is 6.00. The summed E-state index contributed by atoms with van der Waals surface area (Å²) >= 11 is 0. The molecule has 2 unspecified atom stereocenters. The summed E-state index contributed by atoms with van der Waals surface area (Å²) in [5.74, 6) is 2.29. The third-order valence-electron chi connectivity index (χ3n) is 5.04. The van der Waals surface area contributed by atoms with E-state index in [1.165, 1.54) is 5.56 Å². The number of benzene rings is 2. The number of methoxy groups -OCH3 is 1. The Morgan fingerprint density at radius 1 is 1.03 bits per heavy atom. The maximum Gasteiger partial charge on any atom is 0.261 e. The molecule has 0 saturated carbocycles. The molecule has 0 radical (unpaired) electrons. The first-order valence-corrected chi connectivity index (χ1v) is 10.1. The molecule has 3 aromatic rings. The number of aryl methyl sites for hydroxylation is 1. The highest BCUT2D eigenvalue weighted by atomic mass is 16.5. The van der Waals surface area contributed by atoms with Crippen molar-refractivity contribution >= 4 is 5.91 Å². The molecule has 1 N–H and O–H groups in total. The van der Waals surface area contributed by atoms with Crippen LogP contribution in [0.4, 0.5) is 0 Å². The van der Waals surface area contributed by atoms with Crippen LogP contribution >= 0.6 is 0 Å². The van der Waals surface area contributed by atoms with Crippen LogP contribution in [0.1, 0.15) is 49.7 Å². The van der Waals surface area contributed by atoms with E-state index in [2.05, 4.69) is 30.2 Å². The van der Waals surface area contributed by atoms with E-state index in [0.717, 1.165) is 17.1 Å². The maximum atomic E-state index is 13.0. The third-order valence-corrected chi connectivity index (χ3v) is 5.04. The van der Waals surface area contributed by atoms with E-state index in [9.17, 15) is 4.79 Å². The number of amides is 1. The summed E-state index contributed by atoms with van der Waals surface area (Å²) in [7, 11) is 3.52. The summed E-state index contributed by atoms with van der Waals surface area (Å²) in [5, 5.41) is 3.08. The molecule has 2 aromatic carbocycles. The van der Waals surface area contributed by atoms with E-state index in [1.807, 2.05) is 60.3 Å². The minimum atomic E-state index is -0.666. The predicted octanol–water partition coefficient (Wildman–Crippen LogP) is 4.23. The van der Waals surface area contributed by atoms with Gasteiger partial charge in [-0.2, -0.15) is 0 Å². The van der Waals surface area contributed by atoms with Crippen LogP contribution in [0.25, 0.3) is 0 Å². The molecule has 0 aliphatic heterocycles. The average molecular weight is 408 g/mol. The summed E-state index contributed by atoms with van der Waals surface area (Å²) in [4.78, 5) is 17.4. The zero-order valence-electron chi connectivity index (χ0n) is 18.1. The van der Waals surface area contributed by atoms with E-state index >= 15 is 0 Å². The van der Waals surface area contributed by atoms with Gasteiger partial charge in [-0.05, 0) is 48.2 Å². The first-order valence-electron chi connectivity index (χ1n) is 10.1. The SMILES string of the molecule is COc1cccc(C(NC(=O)C(C)Oc2cccc(C(C)C)c2)c2nccn2C)c1. The second kappa shape index (κ2) is 9.48. The van der Waals surface area contributed by atoms with E-state index in [1.54, 1.807) is 20.2 Å². The topological polar surface area (TPSA) is 65.4 Å². The van der Waals surface area contributed by atoms with Gasteiger partial charge in [-0.1, -0.05) is 38.1 Å². The first kappa shape index (κ1) is 21.4. The summed E-state index contributed by atoms with van der Waals surface area (Å²) in [6.07, 6.45) is 2.90. The fourth-order valence-electron chi connectivity index (χ4n) is 3.24. The molecule has 3 rings (SSSR count). The number of carbonyl (C=O) groups excluding carboxylic acids is 1. The standard InChI is InChI=1S/C24H29N3O3/c1-16(2)18-8-6-11-21(14-18)30-17(3)24(28)26-22(23-25-12-13-27(23)4)19-9-7-10-20(15-19)29-5/h6-17,22H,1-5H3,(H,26,28). The van der Waals surface area contributed by atoms with Crippen LogP contribution in [-0.4, -0.2) is 28.7 Å². The Kier molecular flexibility index (Phi) is 6.77. The van der Waals surface area contributed by atoms with Crippen molar-refractivity contribution in [2.45, 2.75) is 38.8 Å². The van der Waals surface area contributed by atoms with Gasteiger partial charge in [-0.15, -0.1) is 0 Å². The number of hydrogen-bond acceptors (Lipinski definition) is 4. The molecule has 1 aromatic heterocycles. The van der Waals surface area contributed by atoms with E-state index < -0.39 is 12.1 Å². The molecule has 30 heavy (non-hydrogen) atoms. The molecule has 0 bridgehead atoms. The Bertz CT molecular complexity index is 997. The van der Waals surface area contributed by atoms with Crippen LogP contribution in [-0.2, 0) is 11.8 Å². The Hall–Kier alpha value is -3.28. The van der Waals surface area contributed by atoms with Gasteiger partial charge in [0, 0.05) is 19.4 Å². The molecule has 0 saturated heterocycles. The lowest BCUT2D eigenvalue weighted by Gasteiger charge is -2.22. The van der Waals surface area contributed by atoms with Gasteiger partial charge in [-0.25, -0.2) is 4.98 Å². The molecule has 1 heterocycles. The number of carbonyl (C=O) groups is 1. The van der Waals surface area contributed by atoms with E-state index in [4.69, 9.17) is 9.47 Å². The molecular weight excluding hydrogens is 378 g/mol. The van der Waals surface area contributed by atoms with Crippen LogP contribution in [0, 0.1) is 0 Å². The molecule has 0 spiro atoms. The van der Waals surface area contributed by atoms with Gasteiger partial charge >= 0.3 is 0 Å². The van der Waals surface area contributed by atoms with Crippen LogP contribution in [0.2, 0.25) is 0 Å². The molecule has 0 fully saturated rings. The van der Waals surface area contributed by atoms with Gasteiger partial charge in [0.25, 0.3) is 5.91 Å². The number of hydrogen-bond donors (Lipinski definition) is 1. The van der Waals surface area contributed by atoms with Crippen molar-refractivity contribution in [3.8, 4) is 11.5 Å². The Morgan fingerprint density at radius 3 is 2.33 bits per heavy atom. The van der Waals surface area contributed by atoms with Crippen LogP contribution in [0.5, 0.6) is 11.5 Å². The van der Waals surface area contributed by atoms with Gasteiger partial charge in [0.05, 0.1) is 7.11 Å². The molecular formula is C24H29N3O3. The molecule has 6 nitrogen and oxygen atoms in total. The monoisotopic (exact) mass is 407 g/mol. The number of nitrogens with one attached hydrogen (secondary N) is 1. The number of nitrogens with zero attached hydrogens (tertiary/aromatic N) is 2. The van der Waals surface area contributed by atoms with Gasteiger partial charge in [0.15, 0.2) is 6.10 Å². The Labute approximate surface area is 177 Å². The van der Waals surface area contributed by atoms with E-state index in [-0.39, 0.29) is 5.91 Å². The highest BCUT2D eigenvalue weighted by Crippen LogP contribution is 2.25. The minimum absolute atomic E-state index is 0.222. The van der Waals surface area contributed by atoms with Crippen LogP contribution in [0.15, 0.2) is 60.9 Å². The largest absolute Gasteiger partial charge is 0.497 e. The number of ether oxygens (including phenoxy) is 2. The zero-order chi connectivity index (χ0) is 21.7. The quantitative estimate of drug-likeness (QED) is 0.607. The smallest absolute Gasteiger partial charge is 0.261 e. The van der Waals surface area contributed by atoms with Crippen molar-refractivity contribution < 1.29 is 14.3 Å². The first-order chi connectivity index (χ1) is 14.4. The molecule has 0 aliphatic rings. The second-order valence-corrected chi connectivity index (χ2v) is 7.60. The predicted molar refractivity (Wildman–Crippen MR) is 117 cm³/mol. The number of imidazole rings is 1. The fourth-order valence-corrected chi connectivity index (χ4v) is 3.24. The minimum Gasteiger partial charge on any atom is -0.497 e. The lowest BCUT2D eigenvalue weighted by Crippen LogP contribution is -2.39. The summed E-state index contributed by atoms with van der Waals surface area (Å²) < 4.78 is 13.2. The summed E-state index contributed by atoms with van der Waals surface area (Å²) in [5.41, 5.74) is 2.05. The van der Waals surface area contributed by atoms with Crippen LogP contribution < -0.4 is 14.8 Å². The fraction of sp³-hybridized carbons (Fsp3) is 0.333. The highest BCUT2D eigenvalue weighted by Gasteiger charge is 2.25. The Morgan fingerprint density at radius 2 is 1.70 bits per heavy atom. The molecule has 0 aliphatic carbocycles. The molecule has 1 amide bonds. The molecule has 6 heteroatoms. The lowest BCUT2D eigenvalue weighted by molar-refractivity contribution is -0.127. The molecule has 2 atom stereocenters. The van der Waals surface area contributed by atoms with Crippen molar-refractivity contribution in [1.82, 2.24) is 14.9 Å². The highest BCUT2D eigenvalue weighted by molar-refractivity contribution is 5.81. The van der Waals surface area contributed by atoms with Crippen molar-refractivity contribution in [3.05, 3.63) is 77.9 Å². The van der Waals surface area contributed by atoms with Crippen LogP contribution in [0.3, 0.4) is 0 Å². The second-order valence-electron chi connectivity index (χ2n) is 7.60. The summed E-state index contributed by atoms with van der Waals surface area (Å²) in [6, 6.07) is 15.0. The Balaban J connectivity index is 1.81. The zero-order valence-corrected chi connectivity index (χ0v) is 18.1. The average Bonchev–Trinajstić information content (AvgIpc) is 3.17. The van der Waals surface area contributed by atoms with Crippen molar-refractivity contribution in [2.24, 2.45) is 7.05 Å². The van der Waals surface area contributed by atoms with Gasteiger partial charge in [-0.3, -0.25) is 4.79 Å². The number of rotatable bonds is 8. The van der Waals surface area contributed by atoms with Crippen molar-refractivity contribution in [2.75, 3.05) is 7.11 Å². The molecule has 158 valence electrons. The maximum absolute atomic E-state index is 13.0. The lowest BCUT2D eigenvalue weighted by atomic mass is 10.0. The number of aromatic nitrogens is 2.